The largest absolute Gasteiger partial charge is 0.466 e. The number of hydrogen-bond donors (Lipinski definition) is 0. The van der Waals surface area contributed by atoms with Crippen molar-refractivity contribution < 1.29 is 19.1 Å². The third-order valence-electron chi connectivity index (χ3n) is 3.48. The summed E-state index contributed by atoms with van der Waals surface area (Å²) in [5.74, 6) is 0.109. The monoisotopic (exact) mass is 314 g/mol. The molecule has 0 aromatic carbocycles. The van der Waals surface area contributed by atoms with Gasteiger partial charge in [0.25, 0.3) is 0 Å². The first-order valence-corrected chi connectivity index (χ1v) is 8.87. The van der Waals surface area contributed by atoms with E-state index >= 15 is 0 Å². The van der Waals surface area contributed by atoms with Gasteiger partial charge in [-0.05, 0) is 25.2 Å². The van der Waals surface area contributed by atoms with Crippen LogP contribution in [0.2, 0.25) is 0 Å². The van der Waals surface area contributed by atoms with Crippen molar-refractivity contribution >= 4 is 11.9 Å². The van der Waals surface area contributed by atoms with E-state index in [1.165, 1.54) is 25.7 Å². The fourth-order valence-electron chi connectivity index (χ4n) is 2.00. The molecule has 0 bridgehead atoms. The first-order chi connectivity index (χ1) is 10.6. The Morgan fingerprint density at radius 2 is 1.32 bits per heavy atom. The van der Waals surface area contributed by atoms with Crippen molar-refractivity contribution in [3.8, 4) is 0 Å². The molecule has 0 radical (unpaired) electrons. The van der Waals surface area contributed by atoms with Gasteiger partial charge in [0.05, 0.1) is 13.2 Å². The van der Waals surface area contributed by atoms with Crippen LogP contribution in [0.4, 0.5) is 0 Å². The molecule has 4 nitrogen and oxygen atoms in total. The van der Waals surface area contributed by atoms with Crippen molar-refractivity contribution in [1.82, 2.24) is 0 Å². The molecule has 0 amide bonds. The van der Waals surface area contributed by atoms with E-state index < -0.39 is 0 Å². The third kappa shape index (κ3) is 15.3. The van der Waals surface area contributed by atoms with Crippen molar-refractivity contribution in [3.63, 3.8) is 0 Å². The van der Waals surface area contributed by atoms with Crippen LogP contribution in [0.25, 0.3) is 0 Å². The minimum absolute atomic E-state index is 0.205. The molecule has 0 aromatic rings. The van der Waals surface area contributed by atoms with Gasteiger partial charge in [0, 0.05) is 12.8 Å². The van der Waals surface area contributed by atoms with Crippen molar-refractivity contribution in [1.29, 1.82) is 0 Å². The molecule has 0 unspecified atom stereocenters. The maximum atomic E-state index is 11.5. The Labute approximate surface area is 135 Å². The topological polar surface area (TPSA) is 52.6 Å². The molecule has 0 aliphatic carbocycles. The molecule has 0 aromatic heterocycles. The Morgan fingerprint density at radius 1 is 0.773 bits per heavy atom. The molecule has 0 saturated heterocycles. The summed E-state index contributed by atoms with van der Waals surface area (Å²) in [7, 11) is 0. The van der Waals surface area contributed by atoms with Crippen molar-refractivity contribution in [3.05, 3.63) is 0 Å². The fraction of sp³-hybridized carbons (Fsp3) is 0.889. The van der Waals surface area contributed by atoms with Gasteiger partial charge < -0.3 is 9.47 Å². The Balaban J connectivity index is 3.36. The van der Waals surface area contributed by atoms with Gasteiger partial charge in [-0.3, -0.25) is 9.59 Å². The lowest BCUT2D eigenvalue weighted by Gasteiger charge is -2.07. The summed E-state index contributed by atoms with van der Waals surface area (Å²) < 4.78 is 10.2. The lowest BCUT2D eigenvalue weighted by Crippen LogP contribution is -2.10. The second kappa shape index (κ2) is 14.9. The number of unbranched alkanes of at least 4 members (excludes halogenated alkanes) is 5. The highest BCUT2D eigenvalue weighted by atomic mass is 16.5. The van der Waals surface area contributed by atoms with Gasteiger partial charge in [0.1, 0.15) is 0 Å². The van der Waals surface area contributed by atoms with E-state index in [2.05, 4.69) is 20.8 Å². The molecule has 0 aliphatic heterocycles. The number of carbonyl (C=O) groups excluding carboxylic acids is 2. The number of carbonyl (C=O) groups is 2. The van der Waals surface area contributed by atoms with Crippen LogP contribution < -0.4 is 0 Å². The Morgan fingerprint density at radius 3 is 1.91 bits per heavy atom. The van der Waals surface area contributed by atoms with Crippen molar-refractivity contribution in [2.75, 3.05) is 13.2 Å². The van der Waals surface area contributed by atoms with Crippen LogP contribution in [0.5, 0.6) is 0 Å². The quantitative estimate of drug-likeness (QED) is 0.346. The smallest absolute Gasteiger partial charge is 0.305 e. The number of esters is 2. The van der Waals surface area contributed by atoms with E-state index in [-0.39, 0.29) is 11.9 Å². The Bertz CT molecular complexity index is 287. The molecule has 0 rings (SSSR count). The lowest BCUT2D eigenvalue weighted by molar-refractivity contribution is -0.145. The average Bonchev–Trinajstić information content (AvgIpc) is 2.46. The summed E-state index contributed by atoms with van der Waals surface area (Å²) in [4.78, 5) is 22.9. The maximum absolute atomic E-state index is 11.5. The van der Waals surface area contributed by atoms with Gasteiger partial charge in [-0.1, -0.05) is 52.9 Å². The van der Waals surface area contributed by atoms with E-state index in [4.69, 9.17) is 9.47 Å². The molecule has 22 heavy (non-hydrogen) atoms. The van der Waals surface area contributed by atoms with Gasteiger partial charge in [-0.2, -0.15) is 0 Å². The van der Waals surface area contributed by atoms with E-state index in [1.54, 1.807) is 0 Å². The fourth-order valence-corrected chi connectivity index (χ4v) is 2.00. The summed E-state index contributed by atoms with van der Waals surface area (Å²) >= 11 is 0. The van der Waals surface area contributed by atoms with Crippen LogP contribution in [0.3, 0.4) is 0 Å². The van der Waals surface area contributed by atoms with Crippen LogP contribution in [0.1, 0.15) is 85.0 Å². The SMILES string of the molecule is CCCCCCCCOC(=O)CCCC(=O)OCCC(C)C. The van der Waals surface area contributed by atoms with Crippen LogP contribution in [-0.2, 0) is 19.1 Å². The first-order valence-electron chi connectivity index (χ1n) is 8.87. The molecule has 0 aliphatic rings. The molecule has 0 spiro atoms. The third-order valence-corrected chi connectivity index (χ3v) is 3.48. The zero-order valence-corrected chi connectivity index (χ0v) is 14.7. The molecular weight excluding hydrogens is 280 g/mol. The van der Waals surface area contributed by atoms with Gasteiger partial charge >= 0.3 is 11.9 Å². The predicted molar refractivity (Wildman–Crippen MR) is 88.6 cm³/mol. The van der Waals surface area contributed by atoms with Crippen LogP contribution in [0, 0.1) is 5.92 Å². The molecule has 0 fully saturated rings. The van der Waals surface area contributed by atoms with E-state index in [0.29, 0.717) is 38.4 Å². The average molecular weight is 314 g/mol. The molecular formula is C18H34O4. The maximum Gasteiger partial charge on any atom is 0.305 e. The molecule has 130 valence electrons. The van der Waals surface area contributed by atoms with Crippen molar-refractivity contribution in [2.45, 2.75) is 85.0 Å². The molecule has 0 saturated carbocycles. The minimum atomic E-state index is -0.218. The second-order valence-corrected chi connectivity index (χ2v) is 6.24. The zero-order chi connectivity index (χ0) is 16.6. The molecule has 0 atom stereocenters. The zero-order valence-electron chi connectivity index (χ0n) is 14.7. The standard InChI is InChI=1S/C18H34O4/c1-4-5-6-7-8-9-14-21-17(19)11-10-12-18(20)22-15-13-16(2)3/h16H,4-15H2,1-3H3. The molecule has 0 N–H and O–H groups in total. The van der Waals surface area contributed by atoms with E-state index in [1.807, 2.05) is 0 Å². The van der Waals surface area contributed by atoms with Crippen molar-refractivity contribution in [2.24, 2.45) is 5.92 Å². The lowest BCUT2D eigenvalue weighted by atomic mass is 10.1. The van der Waals surface area contributed by atoms with Crippen LogP contribution in [-0.4, -0.2) is 25.2 Å². The minimum Gasteiger partial charge on any atom is -0.466 e. The summed E-state index contributed by atoms with van der Waals surface area (Å²) in [6, 6.07) is 0. The van der Waals surface area contributed by atoms with Gasteiger partial charge in [-0.15, -0.1) is 0 Å². The predicted octanol–water partition coefficient (Wildman–Crippen LogP) is 4.65. The number of hydrogen-bond acceptors (Lipinski definition) is 4. The Hall–Kier alpha value is -1.06. The summed E-state index contributed by atoms with van der Waals surface area (Å²) in [5.41, 5.74) is 0. The highest BCUT2D eigenvalue weighted by Crippen LogP contribution is 2.06. The van der Waals surface area contributed by atoms with Gasteiger partial charge in [0.2, 0.25) is 0 Å². The van der Waals surface area contributed by atoms with Gasteiger partial charge in [0.15, 0.2) is 0 Å². The second-order valence-electron chi connectivity index (χ2n) is 6.24. The summed E-state index contributed by atoms with van der Waals surface area (Å²) in [5, 5.41) is 0. The van der Waals surface area contributed by atoms with E-state index in [0.717, 1.165) is 19.3 Å². The van der Waals surface area contributed by atoms with Gasteiger partial charge in [-0.25, -0.2) is 0 Å². The molecule has 0 heterocycles. The Kier molecular flexibility index (Phi) is 14.1. The van der Waals surface area contributed by atoms with E-state index in [9.17, 15) is 9.59 Å². The highest BCUT2D eigenvalue weighted by Gasteiger charge is 2.07. The highest BCUT2D eigenvalue weighted by molar-refractivity contribution is 5.72. The number of ether oxygens (including phenoxy) is 2. The first kappa shape index (κ1) is 20.9. The normalized spacial score (nSPS) is 10.7. The summed E-state index contributed by atoms with van der Waals surface area (Å²) in [6.45, 7) is 7.35. The number of rotatable bonds is 14. The molecule has 4 heteroatoms. The van der Waals surface area contributed by atoms with Crippen LogP contribution >= 0.6 is 0 Å². The summed E-state index contributed by atoms with van der Waals surface area (Å²) in [6.07, 6.45) is 9.06. The van der Waals surface area contributed by atoms with Crippen LogP contribution in [0.15, 0.2) is 0 Å².